The molecule has 0 atom stereocenters. The largest absolute Gasteiger partial charge is 0.382 e. The second-order valence-corrected chi connectivity index (χ2v) is 5.09. The SMILES string of the molecule is Cc1ccccc1C(=O)C1(O)CCCCCC1. The van der Waals surface area contributed by atoms with Crippen LogP contribution in [0.15, 0.2) is 24.3 Å². The molecule has 0 heterocycles. The number of Topliss-reactive ketones (excluding diaryl/α,β-unsaturated/α-hetero) is 1. The zero-order chi connectivity index (χ0) is 12.3. The summed E-state index contributed by atoms with van der Waals surface area (Å²) in [6, 6.07) is 7.53. The van der Waals surface area contributed by atoms with Crippen LogP contribution in [0.2, 0.25) is 0 Å². The molecule has 0 bridgehead atoms. The van der Waals surface area contributed by atoms with Crippen molar-refractivity contribution < 1.29 is 9.90 Å². The highest BCUT2D eigenvalue weighted by atomic mass is 16.3. The lowest BCUT2D eigenvalue weighted by Gasteiger charge is -2.25. The van der Waals surface area contributed by atoms with E-state index >= 15 is 0 Å². The van der Waals surface area contributed by atoms with Gasteiger partial charge in [-0.25, -0.2) is 0 Å². The highest BCUT2D eigenvalue weighted by Gasteiger charge is 2.36. The van der Waals surface area contributed by atoms with Crippen LogP contribution in [-0.2, 0) is 0 Å². The zero-order valence-corrected chi connectivity index (χ0v) is 10.4. The molecular formula is C15H20O2. The summed E-state index contributed by atoms with van der Waals surface area (Å²) in [6.07, 6.45) is 5.38. The highest BCUT2D eigenvalue weighted by molar-refractivity contribution is 6.03. The average Bonchev–Trinajstić information content (AvgIpc) is 2.55. The van der Waals surface area contributed by atoms with Crippen molar-refractivity contribution in [3.8, 4) is 0 Å². The van der Waals surface area contributed by atoms with Gasteiger partial charge in [-0.1, -0.05) is 49.9 Å². The van der Waals surface area contributed by atoms with Gasteiger partial charge >= 0.3 is 0 Å². The third kappa shape index (κ3) is 2.58. The van der Waals surface area contributed by atoms with E-state index in [9.17, 15) is 9.90 Å². The van der Waals surface area contributed by atoms with Crippen LogP contribution in [0.5, 0.6) is 0 Å². The summed E-state index contributed by atoms with van der Waals surface area (Å²) >= 11 is 0. The Morgan fingerprint density at radius 2 is 1.71 bits per heavy atom. The van der Waals surface area contributed by atoms with Crippen molar-refractivity contribution in [1.82, 2.24) is 0 Å². The Kier molecular flexibility index (Phi) is 3.63. The van der Waals surface area contributed by atoms with Gasteiger partial charge in [-0.05, 0) is 25.3 Å². The second kappa shape index (κ2) is 5.01. The molecule has 1 aromatic carbocycles. The first-order valence-electron chi connectivity index (χ1n) is 6.46. The number of aryl methyl sites for hydroxylation is 1. The highest BCUT2D eigenvalue weighted by Crippen LogP contribution is 2.30. The first-order chi connectivity index (χ1) is 8.13. The van der Waals surface area contributed by atoms with Crippen LogP contribution in [-0.4, -0.2) is 16.5 Å². The Hall–Kier alpha value is -1.15. The summed E-state index contributed by atoms with van der Waals surface area (Å²) in [5.74, 6) is -0.0856. The van der Waals surface area contributed by atoms with Crippen LogP contribution in [0.1, 0.15) is 54.4 Å². The van der Waals surface area contributed by atoms with Gasteiger partial charge in [0.05, 0.1) is 0 Å². The first-order valence-corrected chi connectivity index (χ1v) is 6.46. The van der Waals surface area contributed by atoms with Gasteiger partial charge in [-0.2, -0.15) is 0 Å². The van der Waals surface area contributed by atoms with Gasteiger partial charge in [0.15, 0.2) is 5.78 Å². The van der Waals surface area contributed by atoms with Crippen molar-refractivity contribution in [3.63, 3.8) is 0 Å². The molecule has 1 aromatic rings. The van der Waals surface area contributed by atoms with Crippen LogP contribution in [0.4, 0.5) is 0 Å². The number of rotatable bonds is 2. The number of hydrogen-bond acceptors (Lipinski definition) is 2. The molecule has 0 spiro atoms. The molecule has 1 fully saturated rings. The molecule has 17 heavy (non-hydrogen) atoms. The van der Waals surface area contributed by atoms with Crippen molar-refractivity contribution in [1.29, 1.82) is 0 Å². The minimum atomic E-state index is -1.12. The summed E-state index contributed by atoms with van der Waals surface area (Å²) in [6.45, 7) is 1.92. The number of aliphatic hydroxyl groups is 1. The fourth-order valence-corrected chi connectivity index (χ4v) is 2.62. The predicted octanol–water partition coefficient (Wildman–Crippen LogP) is 3.26. The molecule has 0 radical (unpaired) electrons. The normalized spacial score (nSPS) is 19.6. The molecule has 0 unspecified atom stereocenters. The van der Waals surface area contributed by atoms with E-state index in [1.54, 1.807) is 0 Å². The molecule has 0 amide bonds. The van der Waals surface area contributed by atoms with E-state index in [1.807, 2.05) is 31.2 Å². The predicted molar refractivity (Wildman–Crippen MR) is 68.2 cm³/mol. The summed E-state index contributed by atoms with van der Waals surface area (Å²) < 4.78 is 0. The van der Waals surface area contributed by atoms with Crippen LogP contribution >= 0.6 is 0 Å². The summed E-state index contributed by atoms with van der Waals surface area (Å²) in [5, 5.41) is 10.5. The fraction of sp³-hybridized carbons (Fsp3) is 0.533. The molecule has 1 aliphatic carbocycles. The standard InChI is InChI=1S/C15H20O2/c1-12-8-4-5-9-13(12)14(16)15(17)10-6-2-3-7-11-15/h4-5,8-9,17H,2-3,6-7,10-11H2,1H3. The maximum absolute atomic E-state index is 12.4. The minimum absolute atomic E-state index is 0.0856. The molecule has 2 rings (SSSR count). The van der Waals surface area contributed by atoms with E-state index in [4.69, 9.17) is 0 Å². The van der Waals surface area contributed by atoms with Crippen LogP contribution in [0.3, 0.4) is 0 Å². The molecule has 2 nitrogen and oxygen atoms in total. The van der Waals surface area contributed by atoms with Gasteiger partial charge in [0.2, 0.25) is 0 Å². The van der Waals surface area contributed by atoms with Gasteiger partial charge in [-0.3, -0.25) is 4.79 Å². The smallest absolute Gasteiger partial charge is 0.194 e. The van der Waals surface area contributed by atoms with Crippen molar-refractivity contribution in [2.75, 3.05) is 0 Å². The van der Waals surface area contributed by atoms with Gasteiger partial charge in [0.1, 0.15) is 5.60 Å². The van der Waals surface area contributed by atoms with Crippen molar-refractivity contribution in [2.45, 2.75) is 51.0 Å². The van der Waals surface area contributed by atoms with E-state index < -0.39 is 5.60 Å². The Balaban J connectivity index is 2.27. The maximum atomic E-state index is 12.4. The fourth-order valence-electron chi connectivity index (χ4n) is 2.62. The van der Waals surface area contributed by atoms with Gasteiger partial charge < -0.3 is 5.11 Å². The Bertz CT molecular complexity index is 401. The quantitative estimate of drug-likeness (QED) is 0.627. The molecule has 0 aliphatic heterocycles. The summed E-state index contributed by atoms with van der Waals surface area (Å²) in [7, 11) is 0. The number of ketones is 1. The molecule has 2 heteroatoms. The van der Waals surface area contributed by atoms with Gasteiger partial charge in [0.25, 0.3) is 0 Å². The molecular weight excluding hydrogens is 212 g/mol. The number of carbonyl (C=O) groups is 1. The molecule has 1 N–H and O–H groups in total. The third-order valence-electron chi connectivity index (χ3n) is 3.74. The lowest BCUT2D eigenvalue weighted by atomic mass is 9.85. The van der Waals surface area contributed by atoms with Crippen molar-refractivity contribution in [3.05, 3.63) is 35.4 Å². The zero-order valence-electron chi connectivity index (χ0n) is 10.4. The number of hydrogen-bond donors (Lipinski definition) is 1. The lowest BCUT2D eigenvalue weighted by Crippen LogP contribution is -2.38. The molecule has 0 aromatic heterocycles. The monoisotopic (exact) mass is 232 g/mol. The summed E-state index contributed by atoms with van der Waals surface area (Å²) in [5.41, 5.74) is 0.509. The topological polar surface area (TPSA) is 37.3 Å². The van der Waals surface area contributed by atoms with E-state index in [1.165, 1.54) is 0 Å². The van der Waals surface area contributed by atoms with Crippen LogP contribution in [0, 0.1) is 6.92 Å². The van der Waals surface area contributed by atoms with Crippen molar-refractivity contribution in [2.24, 2.45) is 0 Å². The number of carbonyl (C=O) groups excluding carboxylic acids is 1. The summed E-state index contributed by atoms with van der Waals surface area (Å²) in [4.78, 5) is 12.4. The van der Waals surface area contributed by atoms with Crippen LogP contribution in [0.25, 0.3) is 0 Å². The molecule has 1 saturated carbocycles. The maximum Gasteiger partial charge on any atom is 0.194 e. The van der Waals surface area contributed by atoms with Gasteiger partial charge in [-0.15, -0.1) is 0 Å². The minimum Gasteiger partial charge on any atom is -0.382 e. The first kappa shape index (κ1) is 12.3. The van der Waals surface area contributed by atoms with E-state index in [-0.39, 0.29) is 5.78 Å². The third-order valence-corrected chi connectivity index (χ3v) is 3.74. The average molecular weight is 232 g/mol. The molecule has 1 aliphatic rings. The Labute approximate surface area is 103 Å². The Morgan fingerprint density at radius 3 is 2.29 bits per heavy atom. The van der Waals surface area contributed by atoms with E-state index in [2.05, 4.69) is 0 Å². The lowest BCUT2D eigenvalue weighted by molar-refractivity contribution is 0.0237. The second-order valence-electron chi connectivity index (χ2n) is 5.09. The van der Waals surface area contributed by atoms with E-state index in [0.29, 0.717) is 18.4 Å². The molecule has 0 saturated heterocycles. The van der Waals surface area contributed by atoms with Crippen LogP contribution < -0.4 is 0 Å². The van der Waals surface area contributed by atoms with E-state index in [0.717, 1.165) is 31.2 Å². The Morgan fingerprint density at radius 1 is 1.12 bits per heavy atom. The van der Waals surface area contributed by atoms with Crippen molar-refractivity contribution >= 4 is 5.78 Å². The molecule has 92 valence electrons. The number of benzene rings is 1. The van der Waals surface area contributed by atoms with Gasteiger partial charge in [0, 0.05) is 5.56 Å².